The minimum Gasteiger partial charge on any atom is -0.330 e. The Morgan fingerprint density at radius 1 is 1.55 bits per heavy atom. The van der Waals surface area contributed by atoms with Crippen LogP contribution >= 0.6 is 15.9 Å². The topological polar surface area (TPSA) is 71.2 Å². The second-order valence-electron chi connectivity index (χ2n) is 5.32. The minimum absolute atomic E-state index is 0.0370. The van der Waals surface area contributed by atoms with Crippen molar-refractivity contribution in [1.82, 2.24) is 9.88 Å². The molecule has 1 heterocycles. The van der Waals surface area contributed by atoms with E-state index >= 15 is 0 Å². The van der Waals surface area contributed by atoms with Crippen LogP contribution in [-0.2, 0) is 4.79 Å². The third-order valence-electron chi connectivity index (χ3n) is 3.88. The maximum atomic E-state index is 12.0. The molecule has 5 nitrogen and oxygen atoms in total. The number of aromatic nitrogens is 1. The van der Waals surface area contributed by atoms with E-state index in [1.165, 1.54) is 12.8 Å². The van der Waals surface area contributed by atoms with Gasteiger partial charge >= 0.3 is 0 Å². The molecule has 20 heavy (non-hydrogen) atoms. The van der Waals surface area contributed by atoms with Crippen LogP contribution in [0, 0.1) is 5.92 Å². The molecule has 0 radical (unpaired) electrons. The van der Waals surface area contributed by atoms with Crippen molar-refractivity contribution in [3.63, 3.8) is 0 Å². The second-order valence-corrected chi connectivity index (χ2v) is 6.23. The first kappa shape index (κ1) is 15.4. The van der Waals surface area contributed by atoms with Crippen molar-refractivity contribution in [2.24, 2.45) is 11.7 Å². The fourth-order valence-electron chi connectivity index (χ4n) is 2.85. The van der Waals surface area contributed by atoms with Crippen molar-refractivity contribution in [1.29, 1.82) is 0 Å². The summed E-state index contributed by atoms with van der Waals surface area (Å²) >= 11 is 3.32. The maximum absolute atomic E-state index is 12.0. The van der Waals surface area contributed by atoms with Gasteiger partial charge in [-0.05, 0) is 60.4 Å². The first-order valence-electron chi connectivity index (χ1n) is 6.92. The van der Waals surface area contributed by atoms with Crippen LogP contribution in [0.25, 0.3) is 0 Å². The molecule has 1 aromatic rings. The van der Waals surface area contributed by atoms with Crippen LogP contribution in [0.5, 0.6) is 0 Å². The molecule has 2 atom stereocenters. The van der Waals surface area contributed by atoms with E-state index in [0.717, 1.165) is 10.9 Å². The highest BCUT2D eigenvalue weighted by molar-refractivity contribution is 9.10. The summed E-state index contributed by atoms with van der Waals surface area (Å²) in [7, 11) is 1.99. The lowest BCUT2D eigenvalue weighted by molar-refractivity contribution is -0.117. The van der Waals surface area contributed by atoms with Gasteiger partial charge in [-0.25, -0.2) is 4.98 Å². The summed E-state index contributed by atoms with van der Waals surface area (Å²) in [5.41, 5.74) is 5.79. The molecule has 0 bridgehead atoms. The SMILES string of the molecule is CN(CC(=O)Nc1ccc(Br)cn1)C1CCCC1CN. The molecule has 3 N–H and O–H groups in total. The van der Waals surface area contributed by atoms with E-state index in [0.29, 0.717) is 30.9 Å². The quantitative estimate of drug-likeness (QED) is 0.857. The fraction of sp³-hybridized carbons (Fsp3) is 0.571. The molecule has 1 aromatic heterocycles. The Bertz CT molecular complexity index is 451. The molecule has 0 aromatic carbocycles. The minimum atomic E-state index is -0.0370. The Balaban J connectivity index is 1.86. The van der Waals surface area contributed by atoms with E-state index in [-0.39, 0.29) is 5.91 Å². The summed E-state index contributed by atoms with van der Waals surface area (Å²) < 4.78 is 0.893. The largest absolute Gasteiger partial charge is 0.330 e. The summed E-state index contributed by atoms with van der Waals surface area (Å²) in [6, 6.07) is 4.05. The normalized spacial score (nSPS) is 22.2. The number of nitrogens with one attached hydrogen (secondary N) is 1. The van der Waals surface area contributed by atoms with Gasteiger partial charge in [-0.2, -0.15) is 0 Å². The summed E-state index contributed by atoms with van der Waals surface area (Å²) in [5.74, 6) is 1.05. The lowest BCUT2D eigenvalue weighted by Crippen LogP contribution is -2.41. The molecular formula is C14H21BrN4O. The average Bonchev–Trinajstić information content (AvgIpc) is 2.89. The molecule has 1 saturated carbocycles. The van der Waals surface area contributed by atoms with E-state index in [2.05, 4.69) is 31.1 Å². The molecular weight excluding hydrogens is 320 g/mol. The number of carbonyl (C=O) groups is 1. The van der Waals surface area contributed by atoms with Crippen molar-refractivity contribution in [2.45, 2.75) is 25.3 Å². The Hall–Kier alpha value is -0.980. The molecule has 1 fully saturated rings. The van der Waals surface area contributed by atoms with Gasteiger partial charge in [0.15, 0.2) is 0 Å². The van der Waals surface area contributed by atoms with Crippen LogP contribution in [-0.4, -0.2) is 42.0 Å². The van der Waals surface area contributed by atoms with Crippen molar-refractivity contribution < 1.29 is 4.79 Å². The molecule has 0 saturated heterocycles. The Morgan fingerprint density at radius 2 is 2.35 bits per heavy atom. The van der Waals surface area contributed by atoms with E-state index in [4.69, 9.17) is 5.73 Å². The summed E-state index contributed by atoms with van der Waals surface area (Å²) in [6.07, 6.45) is 5.16. The third-order valence-corrected chi connectivity index (χ3v) is 4.34. The van der Waals surface area contributed by atoms with Crippen LogP contribution in [0.1, 0.15) is 19.3 Å². The molecule has 1 amide bonds. The molecule has 110 valence electrons. The smallest absolute Gasteiger partial charge is 0.239 e. The Labute approximate surface area is 128 Å². The van der Waals surface area contributed by atoms with Crippen LogP contribution < -0.4 is 11.1 Å². The highest BCUT2D eigenvalue weighted by Crippen LogP contribution is 2.28. The van der Waals surface area contributed by atoms with Gasteiger partial charge in [0.05, 0.1) is 6.54 Å². The number of likely N-dealkylation sites (N-methyl/N-ethyl adjacent to an activating group) is 1. The van der Waals surface area contributed by atoms with Crippen LogP contribution in [0.2, 0.25) is 0 Å². The van der Waals surface area contributed by atoms with E-state index in [9.17, 15) is 4.79 Å². The summed E-state index contributed by atoms with van der Waals surface area (Å²) in [5, 5.41) is 2.81. The zero-order valence-corrected chi connectivity index (χ0v) is 13.3. The number of nitrogens with zero attached hydrogens (tertiary/aromatic N) is 2. The van der Waals surface area contributed by atoms with Crippen molar-refractivity contribution >= 4 is 27.7 Å². The number of halogens is 1. The third kappa shape index (κ3) is 4.01. The highest BCUT2D eigenvalue weighted by atomic mass is 79.9. The monoisotopic (exact) mass is 340 g/mol. The molecule has 1 aliphatic carbocycles. The van der Waals surface area contributed by atoms with Gasteiger partial charge in [0.2, 0.25) is 5.91 Å². The van der Waals surface area contributed by atoms with Gasteiger partial charge in [-0.15, -0.1) is 0 Å². The number of rotatable bonds is 5. The molecule has 6 heteroatoms. The fourth-order valence-corrected chi connectivity index (χ4v) is 3.08. The molecule has 2 rings (SSSR count). The van der Waals surface area contributed by atoms with Gasteiger partial charge in [0.1, 0.15) is 5.82 Å². The van der Waals surface area contributed by atoms with Gasteiger partial charge in [0, 0.05) is 16.7 Å². The molecule has 0 spiro atoms. The van der Waals surface area contributed by atoms with Crippen LogP contribution in [0.3, 0.4) is 0 Å². The summed E-state index contributed by atoms with van der Waals surface area (Å²) in [4.78, 5) is 18.3. The Kier molecular flexibility index (Phi) is 5.51. The lowest BCUT2D eigenvalue weighted by Gasteiger charge is -2.28. The maximum Gasteiger partial charge on any atom is 0.239 e. The van der Waals surface area contributed by atoms with Crippen LogP contribution in [0.4, 0.5) is 5.82 Å². The van der Waals surface area contributed by atoms with Crippen molar-refractivity contribution in [3.8, 4) is 0 Å². The number of hydrogen-bond acceptors (Lipinski definition) is 4. The van der Waals surface area contributed by atoms with Gasteiger partial charge in [-0.3, -0.25) is 9.69 Å². The number of carbonyl (C=O) groups excluding carboxylic acids is 1. The Morgan fingerprint density at radius 3 is 3.00 bits per heavy atom. The van der Waals surface area contributed by atoms with E-state index in [1.54, 1.807) is 12.3 Å². The van der Waals surface area contributed by atoms with Crippen molar-refractivity contribution in [2.75, 3.05) is 25.5 Å². The van der Waals surface area contributed by atoms with E-state index in [1.807, 2.05) is 13.1 Å². The van der Waals surface area contributed by atoms with Gasteiger partial charge < -0.3 is 11.1 Å². The predicted octanol–water partition coefficient (Wildman–Crippen LogP) is 1.84. The summed E-state index contributed by atoms with van der Waals surface area (Å²) in [6.45, 7) is 1.07. The molecule has 2 unspecified atom stereocenters. The zero-order valence-electron chi connectivity index (χ0n) is 11.7. The molecule has 1 aliphatic rings. The standard InChI is InChI=1S/C14H21BrN4O/c1-19(12-4-2-3-10(12)7-16)9-14(20)18-13-6-5-11(15)8-17-13/h5-6,8,10,12H,2-4,7,9,16H2,1H3,(H,17,18,20). The van der Waals surface area contributed by atoms with Crippen molar-refractivity contribution in [3.05, 3.63) is 22.8 Å². The lowest BCUT2D eigenvalue weighted by atomic mass is 10.0. The highest BCUT2D eigenvalue weighted by Gasteiger charge is 2.29. The number of hydrogen-bond donors (Lipinski definition) is 2. The van der Waals surface area contributed by atoms with Gasteiger partial charge in [-0.1, -0.05) is 6.42 Å². The average molecular weight is 341 g/mol. The number of anilines is 1. The van der Waals surface area contributed by atoms with Gasteiger partial charge in [0.25, 0.3) is 0 Å². The van der Waals surface area contributed by atoms with E-state index < -0.39 is 0 Å². The second kappa shape index (κ2) is 7.15. The predicted molar refractivity (Wildman–Crippen MR) is 83.4 cm³/mol. The first-order valence-corrected chi connectivity index (χ1v) is 7.71. The zero-order chi connectivity index (χ0) is 14.5. The first-order chi connectivity index (χ1) is 9.60. The van der Waals surface area contributed by atoms with Crippen LogP contribution in [0.15, 0.2) is 22.8 Å². The number of amides is 1. The number of nitrogens with two attached hydrogens (primary N) is 1. The molecule has 0 aliphatic heterocycles. The number of pyridine rings is 1.